The number of furan rings is 1. The molecule has 1 aliphatic carbocycles. The van der Waals surface area contributed by atoms with Crippen molar-refractivity contribution in [1.82, 2.24) is 15.5 Å². The van der Waals surface area contributed by atoms with E-state index in [1.807, 2.05) is 0 Å². The molecule has 0 bridgehead atoms. The molecule has 1 fully saturated rings. The third-order valence-corrected chi connectivity index (χ3v) is 3.49. The summed E-state index contributed by atoms with van der Waals surface area (Å²) < 4.78 is 10.2. The molecule has 0 spiro atoms. The molecule has 2 aromatic heterocycles. The summed E-state index contributed by atoms with van der Waals surface area (Å²) in [5.74, 6) is 1.14. The van der Waals surface area contributed by atoms with Gasteiger partial charge in [0.1, 0.15) is 0 Å². The van der Waals surface area contributed by atoms with Crippen LogP contribution >= 0.6 is 0 Å². The Labute approximate surface area is 116 Å². The van der Waals surface area contributed by atoms with E-state index in [-0.39, 0.29) is 12.3 Å². The van der Waals surface area contributed by atoms with Gasteiger partial charge in [0.2, 0.25) is 5.91 Å². The van der Waals surface area contributed by atoms with E-state index in [1.54, 1.807) is 12.1 Å². The maximum atomic E-state index is 11.9. The highest BCUT2D eigenvalue weighted by Gasteiger charge is 2.18. The average Bonchev–Trinajstić information content (AvgIpc) is 3.10. The number of rotatable bonds is 4. The SMILES string of the molecule is O=C(Cc1noc(-c2ccco2)n1)NC1CCCCC1. The minimum atomic E-state index is -0.0521. The smallest absolute Gasteiger partial charge is 0.293 e. The molecule has 6 heteroatoms. The third kappa shape index (κ3) is 3.07. The first-order chi connectivity index (χ1) is 9.81. The predicted molar refractivity (Wildman–Crippen MR) is 70.7 cm³/mol. The van der Waals surface area contributed by atoms with Gasteiger partial charge in [0, 0.05) is 6.04 Å². The molecule has 3 rings (SSSR count). The fraction of sp³-hybridized carbons (Fsp3) is 0.500. The first kappa shape index (κ1) is 12.9. The van der Waals surface area contributed by atoms with Crippen molar-refractivity contribution in [2.24, 2.45) is 0 Å². The minimum absolute atomic E-state index is 0.0521. The average molecular weight is 275 g/mol. The van der Waals surface area contributed by atoms with Crippen LogP contribution in [0, 0.1) is 0 Å². The van der Waals surface area contributed by atoms with Crippen molar-refractivity contribution in [2.45, 2.75) is 44.6 Å². The van der Waals surface area contributed by atoms with E-state index < -0.39 is 0 Å². The Morgan fingerprint density at radius 1 is 1.35 bits per heavy atom. The molecule has 2 aromatic rings. The molecule has 106 valence electrons. The first-order valence-electron chi connectivity index (χ1n) is 6.97. The van der Waals surface area contributed by atoms with Crippen LogP contribution in [0.5, 0.6) is 0 Å². The Kier molecular flexibility index (Phi) is 3.80. The zero-order valence-electron chi connectivity index (χ0n) is 11.2. The van der Waals surface area contributed by atoms with Crippen LogP contribution in [-0.2, 0) is 11.2 Å². The molecule has 2 heterocycles. The molecular formula is C14H17N3O3. The van der Waals surface area contributed by atoms with Crippen molar-refractivity contribution in [3.63, 3.8) is 0 Å². The van der Waals surface area contributed by atoms with Gasteiger partial charge in [-0.1, -0.05) is 24.4 Å². The van der Waals surface area contributed by atoms with Crippen LogP contribution in [0.2, 0.25) is 0 Å². The zero-order chi connectivity index (χ0) is 13.8. The van der Waals surface area contributed by atoms with Crippen LogP contribution in [-0.4, -0.2) is 22.1 Å². The van der Waals surface area contributed by atoms with Crippen LogP contribution in [0.15, 0.2) is 27.3 Å². The molecule has 1 saturated carbocycles. The fourth-order valence-corrected chi connectivity index (χ4v) is 2.50. The van der Waals surface area contributed by atoms with Crippen molar-refractivity contribution in [2.75, 3.05) is 0 Å². The van der Waals surface area contributed by atoms with Crippen LogP contribution in [0.4, 0.5) is 0 Å². The zero-order valence-corrected chi connectivity index (χ0v) is 11.2. The monoisotopic (exact) mass is 275 g/mol. The summed E-state index contributed by atoms with van der Waals surface area (Å²) in [6.07, 6.45) is 7.45. The number of carbonyl (C=O) groups excluding carboxylic acids is 1. The van der Waals surface area contributed by atoms with E-state index in [0.29, 0.717) is 23.5 Å². The van der Waals surface area contributed by atoms with Gasteiger partial charge in [0.15, 0.2) is 11.6 Å². The normalized spacial score (nSPS) is 16.2. The molecule has 0 aromatic carbocycles. The molecule has 0 saturated heterocycles. The third-order valence-electron chi connectivity index (χ3n) is 3.49. The molecule has 1 amide bonds. The number of nitrogens with one attached hydrogen (secondary N) is 1. The number of hydrogen-bond acceptors (Lipinski definition) is 5. The van der Waals surface area contributed by atoms with Gasteiger partial charge in [-0.2, -0.15) is 4.98 Å². The van der Waals surface area contributed by atoms with Crippen molar-refractivity contribution in [3.05, 3.63) is 24.2 Å². The summed E-state index contributed by atoms with van der Waals surface area (Å²) >= 11 is 0. The van der Waals surface area contributed by atoms with Crippen LogP contribution in [0.1, 0.15) is 37.9 Å². The Bertz CT molecular complexity index is 556. The van der Waals surface area contributed by atoms with Crippen LogP contribution < -0.4 is 5.32 Å². The lowest BCUT2D eigenvalue weighted by Crippen LogP contribution is -2.37. The summed E-state index contributed by atoms with van der Waals surface area (Å²) in [5, 5.41) is 6.83. The van der Waals surface area contributed by atoms with Gasteiger partial charge in [-0.3, -0.25) is 4.79 Å². The van der Waals surface area contributed by atoms with Crippen LogP contribution in [0.25, 0.3) is 11.7 Å². The van der Waals surface area contributed by atoms with E-state index in [9.17, 15) is 4.79 Å². The first-order valence-corrected chi connectivity index (χ1v) is 6.97. The molecule has 0 radical (unpaired) electrons. The Hall–Kier alpha value is -2.11. The van der Waals surface area contributed by atoms with E-state index in [0.717, 1.165) is 12.8 Å². The van der Waals surface area contributed by atoms with Crippen molar-refractivity contribution in [3.8, 4) is 11.7 Å². The minimum Gasteiger partial charge on any atom is -0.459 e. The van der Waals surface area contributed by atoms with E-state index in [1.165, 1.54) is 25.5 Å². The maximum Gasteiger partial charge on any atom is 0.293 e. The molecular weight excluding hydrogens is 258 g/mol. The topological polar surface area (TPSA) is 81.2 Å². The van der Waals surface area contributed by atoms with Gasteiger partial charge in [0.25, 0.3) is 5.89 Å². The second-order valence-corrected chi connectivity index (χ2v) is 5.07. The second-order valence-electron chi connectivity index (χ2n) is 5.07. The summed E-state index contributed by atoms with van der Waals surface area (Å²) in [5.41, 5.74) is 0. The molecule has 0 aliphatic heterocycles. The van der Waals surface area contributed by atoms with Gasteiger partial charge < -0.3 is 14.3 Å². The molecule has 1 aliphatic rings. The van der Waals surface area contributed by atoms with Gasteiger partial charge in [0.05, 0.1) is 12.7 Å². The van der Waals surface area contributed by atoms with Gasteiger partial charge in [-0.25, -0.2) is 0 Å². The summed E-state index contributed by atoms with van der Waals surface area (Å²) in [6.45, 7) is 0. The van der Waals surface area contributed by atoms with Gasteiger partial charge in [-0.05, 0) is 25.0 Å². The lowest BCUT2D eigenvalue weighted by molar-refractivity contribution is -0.121. The number of carbonyl (C=O) groups is 1. The molecule has 1 N–H and O–H groups in total. The Balaban J connectivity index is 1.56. The highest BCUT2D eigenvalue weighted by atomic mass is 16.5. The number of hydrogen-bond donors (Lipinski definition) is 1. The van der Waals surface area contributed by atoms with E-state index in [4.69, 9.17) is 8.94 Å². The second kappa shape index (κ2) is 5.90. The molecule has 0 unspecified atom stereocenters. The maximum absolute atomic E-state index is 11.9. The predicted octanol–water partition coefficient (Wildman–Crippen LogP) is 2.32. The van der Waals surface area contributed by atoms with E-state index in [2.05, 4.69) is 15.5 Å². The lowest BCUT2D eigenvalue weighted by atomic mass is 9.95. The Morgan fingerprint density at radius 3 is 2.95 bits per heavy atom. The summed E-state index contributed by atoms with van der Waals surface area (Å²) in [7, 11) is 0. The summed E-state index contributed by atoms with van der Waals surface area (Å²) in [6, 6.07) is 3.78. The van der Waals surface area contributed by atoms with Crippen molar-refractivity contribution >= 4 is 5.91 Å². The van der Waals surface area contributed by atoms with Crippen molar-refractivity contribution in [1.29, 1.82) is 0 Å². The highest BCUT2D eigenvalue weighted by Crippen LogP contribution is 2.18. The lowest BCUT2D eigenvalue weighted by Gasteiger charge is -2.22. The number of amides is 1. The molecule has 0 atom stereocenters. The fourth-order valence-electron chi connectivity index (χ4n) is 2.50. The van der Waals surface area contributed by atoms with Gasteiger partial charge in [-0.15, -0.1) is 0 Å². The molecule has 20 heavy (non-hydrogen) atoms. The van der Waals surface area contributed by atoms with Crippen LogP contribution in [0.3, 0.4) is 0 Å². The van der Waals surface area contributed by atoms with Gasteiger partial charge >= 0.3 is 0 Å². The quantitative estimate of drug-likeness (QED) is 0.926. The van der Waals surface area contributed by atoms with E-state index >= 15 is 0 Å². The van der Waals surface area contributed by atoms with Crippen molar-refractivity contribution < 1.29 is 13.7 Å². The Morgan fingerprint density at radius 2 is 2.20 bits per heavy atom. The number of aromatic nitrogens is 2. The highest BCUT2D eigenvalue weighted by molar-refractivity contribution is 5.78. The number of nitrogens with zero attached hydrogens (tertiary/aromatic N) is 2. The molecule has 6 nitrogen and oxygen atoms in total. The standard InChI is InChI=1S/C14H17N3O3/c18-13(15-10-5-2-1-3-6-10)9-12-16-14(20-17-12)11-7-4-8-19-11/h4,7-8,10H,1-3,5-6,9H2,(H,15,18). The largest absolute Gasteiger partial charge is 0.459 e. The summed E-state index contributed by atoms with van der Waals surface area (Å²) in [4.78, 5) is 16.1.